The maximum atomic E-state index is 9.46. The Morgan fingerprint density at radius 2 is 2.00 bits per heavy atom. The molecule has 0 aromatic rings. The molecule has 44 valence electrons. The molecule has 0 aliphatic heterocycles. The second-order valence-electron chi connectivity index (χ2n) is 0.811. The van der Waals surface area contributed by atoms with Gasteiger partial charge in [-0.2, -0.15) is 0 Å². The van der Waals surface area contributed by atoms with E-state index in [4.69, 9.17) is 0 Å². The molecule has 0 amide bonds. The van der Waals surface area contributed by atoms with Gasteiger partial charge in [0.2, 0.25) is 0 Å². The molecule has 0 saturated carbocycles. The minimum absolute atomic E-state index is 0. The van der Waals surface area contributed by atoms with Gasteiger partial charge in [0.05, 0.1) is 0 Å². The monoisotopic (exact) mass is 210 g/mol. The summed E-state index contributed by atoms with van der Waals surface area (Å²) in [7, 11) is 0. The van der Waals surface area contributed by atoms with Gasteiger partial charge in [0.25, 0.3) is 0 Å². The van der Waals surface area contributed by atoms with Crippen LogP contribution in [0.25, 0.3) is 0 Å². The molecule has 0 saturated heterocycles. The van der Waals surface area contributed by atoms with Gasteiger partial charge in [0, 0.05) is 11.3 Å². The van der Waals surface area contributed by atoms with Crippen molar-refractivity contribution in [2.45, 2.75) is 6.42 Å². The Kier molecular flexibility index (Phi) is 21.8. The smallest absolute Gasteiger partial charge is 1.00 e. The van der Waals surface area contributed by atoms with Gasteiger partial charge in [-0.15, -0.1) is 0 Å². The summed E-state index contributed by atoms with van der Waals surface area (Å²) in [5.41, 5.74) is 0. The van der Waals surface area contributed by atoms with Gasteiger partial charge < -0.3 is 22.3 Å². The predicted octanol–water partition coefficient (Wildman–Crippen LogP) is -3.86. The number of alkyl halides is 1. The average Bonchev–Trinajstić information content (AvgIpc) is 1.35. The third kappa shape index (κ3) is 15.7. The Labute approximate surface area is 78.7 Å². The zero-order valence-electron chi connectivity index (χ0n) is 4.19. The number of hydrogen-bond donors (Lipinski definition) is 0. The number of halogens is 2. The number of aliphatic carboxylic acids is 1. The molecule has 0 heterocycles. The SMILES string of the molecule is O=C([O-])CCBr.[Cl-].[Mg+2]. The summed E-state index contributed by atoms with van der Waals surface area (Å²) in [4.78, 5) is 9.46. The summed E-state index contributed by atoms with van der Waals surface area (Å²) in [5.74, 6) is -1.01. The molecule has 0 aliphatic rings. The van der Waals surface area contributed by atoms with Crippen LogP contribution in [0.3, 0.4) is 0 Å². The van der Waals surface area contributed by atoms with Crippen molar-refractivity contribution in [3.05, 3.63) is 0 Å². The number of hydrogen-bond acceptors (Lipinski definition) is 2. The number of rotatable bonds is 2. The third-order valence-electron chi connectivity index (χ3n) is 0.299. The van der Waals surface area contributed by atoms with Gasteiger partial charge >= 0.3 is 23.1 Å². The van der Waals surface area contributed by atoms with Crippen molar-refractivity contribution in [2.75, 3.05) is 5.33 Å². The maximum Gasteiger partial charge on any atom is 2.00 e. The van der Waals surface area contributed by atoms with E-state index in [0.29, 0.717) is 5.33 Å². The number of carboxylic acids is 1. The van der Waals surface area contributed by atoms with E-state index in [2.05, 4.69) is 15.9 Å². The molecule has 0 aromatic heterocycles. The molecule has 0 N–H and O–H groups in total. The topological polar surface area (TPSA) is 40.1 Å². The second kappa shape index (κ2) is 10.9. The Bertz CT molecular complexity index is 61.2. The summed E-state index contributed by atoms with van der Waals surface area (Å²) >= 11 is 2.93. The molecular formula is C3H4BrClMgO2. The van der Waals surface area contributed by atoms with E-state index in [1.54, 1.807) is 0 Å². The second-order valence-corrected chi connectivity index (χ2v) is 1.60. The van der Waals surface area contributed by atoms with Gasteiger partial charge in [-0.25, -0.2) is 0 Å². The third-order valence-corrected chi connectivity index (χ3v) is 0.695. The minimum Gasteiger partial charge on any atom is -1.00 e. The van der Waals surface area contributed by atoms with Crippen LogP contribution in [0, 0.1) is 0 Å². The van der Waals surface area contributed by atoms with E-state index < -0.39 is 5.97 Å². The summed E-state index contributed by atoms with van der Waals surface area (Å²) in [6.07, 6.45) is 0.0972. The first-order valence-electron chi connectivity index (χ1n) is 1.53. The number of carbonyl (C=O) groups excluding carboxylic acids is 1. The van der Waals surface area contributed by atoms with Crippen LogP contribution < -0.4 is 17.5 Å². The van der Waals surface area contributed by atoms with Crippen LogP contribution in [0.15, 0.2) is 0 Å². The normalized spacial score (nSPS) is 6.12. The molecule has 0 spiro atoms. The molecule has 0 rings (SSSR count). The molecule has 0 aliphatic carbocycles. The van der Waals surface area contributed by atoms with Crippen molar-refractivity contribution in [1.29, 1.82) is 0 Å². The molecule has 0 radical (unpaired) electrons. The van der Waals surface area contributed by atoms with Crippen LogP contribution >= 0.6 is 15.9 Å². The quantitative estimate of drug-likeness (QED) is 0.347. The van der Waals surface area contributed by atoms with Crippen molar-refractivity contribution < 1.29 is 22.3 Å². The molecule has 8 heavy (non-hydrogen) atoms. The number of carbonyl (C=O) groups is 1. The zero-order chi connectivity index (χ0) is 4.99. The van der Waals surface area contributed by atoms with Crippen LogP contribution in [0.1, 0.15) is 6.42 Å². The van der Waals surface area contributed by atoms with Gasteiger partial charge in [0.1, 0.15) is 0 Å². The van der Waals surface area contributed by atoms with E-state index in [1.807, 2.05) is 0 Å². The first-order valence-corrected chi connectivity index (χ1v) is 2.65. The first kappa shape index (κ1) is 16.0. The molecule has 0 bridgehead atoms. The van der Waals surface area contributed by atoms with E-state index in [-0.39, 0.29) is 41.9 Å². The Morgan fingerprint density at radius 1 is 1.62 bits per heavy atom. The van der Waals surface area contributed by atoms with Crippen molar-refractivity contribution >= 4 is 45.0 Å². The summed E-state index contributed by atoms with van der Waals surface area (Å²) in [6, 6.07) is 0. The van der Waals surface area contributed by atoms with E-state index in [9.17, 15) is 9.90 Å². The minimum atomic E-state index is -1.01. The number of carboxylic acid groups (broad SMARTS) is 1. The fraction of sp³-hybridized carbons (Fsp3) is 0.667. The van der Waals surface area contributed by atoms with Crippen LogP contribution in [0.5, 0.6) is 0 Å². The van der Waals surface area contributed by atoms with Crippen molar-refractivity contribution in [3.63, 3.8) is 0 Å². The molecule has 0 fully saturated rings. The van der Waals surface area contributed by atoms with Gasteiger partial charge in [-0.1, -0.05) is 15.9 Å². The van der Waals surface area contributed by atoms with E-state index >= 15 is 0 Å². The van der Waals surface area contributed by atoms with Gasteiger partial charge in [0.15, 0.2) is 0 Å². The van der Waals surface area contributed by atoms with Gasteiger partial charge in [-0.3, -0.25) is 0 Å². The summed E-state index contributed by atoms with van der Waals surface area (Å²) < 4.78 is 0. The average molecular weight is 212 g/mol. The van der Waals surface area contributed by atoms with Gasteiger partial charge in [-0.05, 0) is 6.42 Å². The van der Waals surface area contributed by atoms with E-state index in [0.717, 1.165) is 0 Å². The van der Waals surface area contributed by atoms with Crippen molar-refractivity contribution in [1.82, 2.24) is 0 Å². The van der Waals surface area contributed by atoms with E-state index in [1.165, 1.54) is 0 Å². The molecule has 0 unspecified atom stereocenters. The standard InChI is InChI=1S/C3H5BrO2.ClH.Mg/c4-2-1-3(5)6;;/h1-2H2,(H,5,6);1H;/q;;+2/p-2. The Hall–Kier alpha value is 1.01. The van der Waals surface area contributed by atoms with Crippen LogP contribution in [0.4, 0.5) is 0 Å². The fourth-order valence-electron chi connectivity index (χ4n) is 0.0772. The Morgan fingerprint density at radius 3 is 2.00 bits per heavy atom. The van der Waals surface area contributed by atoms with Crippen molar-refractivity contribution in [3.8, 4) is 0 Å². The maximum absolute atomic E-state index is 9.46. The fourth-order valence-corrected chi connectivity index (χ4v) is 0.401. The largest absolute Gasteiger partial charge is 2.00 e. The summed E-state index contributed by atoms with van der Waals surface area (Å²) in [6.45, 7) is 0. The predicted molar refractivity (Wildman–Crippen MR) is 29.2 cm³/mol. The van der Waals surface area contributed by atoms with Crippen LogP contribution in [-0.4, -0.2) is 34.4 Å². The first-order chi connectivity index (χ1) is 2.77. The van der Waals surface area contributed by atoms with Crippen LogP contribution in [0.2, 0.25) is 0 Å². The molecular weight excluding hydrogens is 208 g/mol. The zero-order valence-corrected chi connectivity index (χ0v) is 7.95. The molecule has 0 aromatic carbocycles. The molecule has 5 heteroatoms. The summed E-state index contributed by atoms with van der Waals surface area (Å²) in [5, 5.41) is 9.94. The molecule has 2 nitrogen and oxygen atoms in total. The van der Waals surface area contributed by atoms with Crippen molar-refractivity contribution in [2.24, 2.45) is 0 Å². The van der Waals surface area contributed by atoms with Crippen LogP contribution in [-0.2, 0) is 4.79 Å². The molecule has 0 atom stereocenters. The Balaban J connectivity index is -0.000000125.